The second-order valence-corrected chi connectivity index (χ2v) is 9.12. The fourth-order valence-electron chi connectivity index (χ4n) is 4.77. The molecule has 7 nitrogen and oxygen atoms in total. The van der Waals surface area contributed by atoms with E-state index in [-0.39, 0.29) is 18.1 Å². The van der Waals surface area contributed by atoms with Crippen molar-refractivity contribution in [2.45, 2.75) is 31.6 Å². The predicted molar refractivity (Wildman–Crippen MR) is 129 cm³/mol. The zero-order valence-electron chi connectivity index (χ0n) is 18.8. The summed E-state index contributed by atoms with van der Waals surface area (Å²) in [5.41, 5.74) is 10.3. The highest BCUT2D eigenvalue weighted by molar-refractivity contribution is 5.88. The van der Waals surface area contributed by atoms with Gasteiger partial charge in [-0.3, -0.25) is 9.78 Å². The molecule has 1 atom stereocenters. The molecule has 1 fully saturated rings. The van der Waals surface area contributed by atoms with E-state index in [4.69, 9.17) is 10.7 Å². The van der Waals surface area contributed by atoms with Crippen LogP contribution >= 0.6 is 0 Å². The molecular formula is C26H27N5O2. The molecule has 0 spiro atoms. The van der Waals surface area contributed by atoms with E-state index < -0.39 is 5.41 Å². The number of hydrogen-bond acceptors (Lipinski definition) is 6. The van der Waals surface area contributed by atoms with Crippen LogP contribution in [0, 0.1) is 12.8 Å². The lowest BCUT2D eigenvalue weighted by Gasteiger charge is -2.33. The number of aliphatic hydroxyl groups is 1. The van der Waals surface area contributed by atoms with E-state index in [2.05, 4.69) is 9.97 Å². The quantitative estimate of drug-likeness (QED) is 0.475. The van der Waals surface area contributed by atoms with Gasteiger partial charge < -0.3 is 15.4 Å². The van der Waals surface area contributed by atoms with Gasteiger partial charge >= 0.3 is 0 Å². The largest absolute Gasteiger partial charge is 0.395 e. The Hall–Kier alpha value is -3.58. The lowest BCUT2D eigenvalue weighted by atomic mass is 9.73. The molecule has 0 saturated heterocycles. The van der Waals surface area contributed by atoms with Gasteiger partial charge in [0.05, 0.1) is 23.2 Å². The van der Waals surface area contributed by atoms with Gasteiger partial charge in [-0.2, -0.15) is 0 Å². The standard InChI is InChI=1S/C26H27N5O2/c1-16-10-19(14-31(2)24(16)33)18-7-8-22-21(11-18)23(30-25(27)29-22)26(15-32,12-17-5-6-17)20-4-3-9-28-13-20/h3-4,7-11,13-14,17,32H,5-6,12,15H2,1-2H3,(H2,27,29,30). The number of hydrogen-bond donors (Lipinski definition) is 2. The van der Waals surface area contributed by atoms with Crippen LogP contribution in [-0.4, -0.2) is 31.2 Å². The molecule has 0 aliphatic heterocycles. The van der Waals surface area contributed by atoms with E-state index >= 15 is 0 Å². The van der Waals surface area contributed by atoms with Crippen molar-refractivity contribution in [1.82, 2.24) is 19.5 Å². The van der Waals surface area contributed by atoms with Gasteiger partial charge in [0.15, 0.2) is 0 Å². The van der Waals surface area contributed by atoms with Crippen molar-refractivity contribution in [1.29, 1.82) is 0 Å². The minimum absolute atomic E-state index is 0.0170. The van der Waals surface area contributed by atoms with Crippen LogP contribution in [0.3, 0.4) is 0 Å². The number of aliphatic hydroxyl groups excluding tert-OH is 1. The van der Waals surface area contributed by atoms with Crippen molar-refractivity contribution in [3.05, 3.63) is 82.2 Å². The summed E-state index contributed by atoms with van der Waals surface area (Å²) in [7, 11) is 1.75. The first-order chi connectivity index (χ1) is 15.9. The molecule has 1 saturated carbocycles. The molecule has 0 radical (unpaired) electrons. The molecule has 168 valence electrons. The number of aromatic nitrogens is 4. The molecule has 1 unspecified atom stereocenters. The highest BCUT2D eigenvalue weighted by Gasteiger charge is 2.42. The van der Waals surface area contributed by atoms with E-state index in [9.17, 15) is 9.90 Å². The second-order valence-electron chi connectivity index (χ2n) is 9.12. The smallest absolute Gasteiger partial charge is 0.253 e. The van der Waals surface area contributed by atoms with Gasteiger partial charge in [0, 0.05) is 36.6 Å². The first-order valence-electron chi connectivity index (χ1n) is 11.2. The summed E-state index contributed by atoms with van der Waals surface area (Å²) in [6, 6.07) is 11.7. The first kappa shape index (κ1) is 21.3. The van der Waals surface area contributed by atoms with Gasteiger partial charge in [0.1, 0.15) is 0 Å². The maximum absolute atomic E-state index is 12.2. The number of nitrogens with two attached hydrogens (primary N) is 1. The molecular weight excluding hydrogens is 414 g/mol. The molecule has 3 aromatic heterocycles. The summed E-state index contributed by atoms with van der Waals surface area (Å²) in [5, 5.41) is 11.7. The number of rotatable bonds is 6. The Balaban J connectivity index is 1.77. The molecule has 1 aliphatic carbocycles. The number of aryl methyl sites for hydroxylation is 2. The lowest BCUT2D eigenvalue weighted by Crippen LogP contribution is -2.34. The van der Waals surface area contributed by atoms with Gasteiger partial charge in [-0.25, -0.2) is 9.97 Å². The van der Waals surface area contributed by atoms with Gasteiger partial charge in [-0.1, -0.05) is 25.0 Å². The highest BCUT2D eigenvalue weighted by Crippen LogP contribution is 2.46. The zero-order valence-corrected chi connectivity index (χ0v) is 18.8. The normalized spacial score (nSPS) is 15.5. The molecule has 33 heavy (non-hydrogen) atoms. The molecule has 3 heterocycles. The van der Waals surface area contributed by atoms with Crippen molar-refractivity contribution in [3.8, 4) is 11.1 Å². The van der Waals surface area contributed by atoms with Crippen LogP contribution in [-0.2, 0) is 12.5 Å². The third-order valence-corrected chi connectivity index (χ3v) is 6.68. The number of pyridine rings is 2. The molecule has 7 heteroatoms. The SMILES string of the molecule is Cc1cc(-c2ccc3nc(N)nc(C(CO)(CC4CC4)c4cccnc4)c3c2)cn(C)c1=O. The second kappa shape index (κ2) is 8.08. The summed E-state index contributed by atoms with van der Waals surface area (Å²) in [6.07, 6.45) is 8.42. The van der Waals surface area contributed by atoms with E-state index in [0.29, 0.717) is 11.5 Å². The first-order valence-corrected chi connectivity index (χ1v) is 11.2. The van der Waals surface area contributed by atoms with Gasteiger partial charge in [-0.05, 0) is 60.2 Å². The molecule has 3 N–H and O–H groups in total. The maximum Gasteiger partial charge on any atom is 0.253 e. The Labute approximate surface area is 192 Å². The maximum atomic E-state index is 12.2. The summed E-state index contributed by atoms with van der Waals surface area (Å²) in [4.78, 5) is 25.7. The third kappa shape index (κ3) is 3.78. The molecule has 0 bridgehead atoms. The summed E-state index contributed by atoms with van der Waals surface area (Å²) >= 11 is 0. The van der Waals surface area contributed by atoms with E-state index in [1.54, 1.807) is 17.8 Å². The van der Waals surface area contributed by atoms with E-state index in [1.165, 1.54) is 0 Å². The van der Waals surface area contributed by atoms with Crippen LogP contribution in [0.2, 0.25) is 0 Å². The molecule has 1 aromatic carbocycles. The van der Waals surface area contributed by atoms with Crippen LogP contribution < -0.4 is 11.3 Å². The van der Waals surface area contributed by atoms with E-state index in [1.807, 2.05) is 55.7 Å². The minimum atomic E-state index is -0.733. The fourth-order valence-corrected chi connectivity index (χ4v) is 4.77. The van der Waals surface area contributed by atoms with Crippen molar-refractivity contribution < 1.29 is 5.11 Å². The van der Waals surface area contributed by atoms with Crippen molar-refractivity contribution in [3.63, 3.8) is 0 Å². The van der Waals surface area contributed by atoms with Crippen LogP contribution in [0.25, 0.3) is 22.0 Å². The fraction of sp³-hybridized carbons (Fsp3) is 0.308. The highest BCUT2D eigenvalue weighted by atomic mass is 16.3. The average molecular weight is 442 g/mol. The average Bonchev–Trinajstić information content (AvgIpc) is 3.64. The molecule has 1 aliphatic rings. The number of fused-ring (bicyclic) bond motifs is 1. The Morgan fingerprint density at radius 3 is 2.67 bits per heavy atom. The topological polar surface area (TPSA) is 107 Å². The number of benzene rings is 1. The third-order valence-electron chi connectivity index (χ3n) is 6.68. The minimum Gasteiger partial charge on any atom is -0.395 e. The molecule has 5 rings (SSSR count). The number of nitrogen functional groups attached to an aromatic ring is 1. The van der Waals surface area contributed by atoms with Crippen LogP contribution in [0.1, 0.15) is 36.1 Å². The van der Waals surface area contributed by atoms with Gasteiger partial charge in [-0.15, -0.1) is 0 Å². The monoisotopic (exact) mass is 441 g/mol. The molecule has 4 aromatic rings. The van der Waals surface area contributed by atoms with E-state index in [0.717, 1.165) is 52.5 Å². The summed E-state index contributed by atoms with van der Waals surface area (Å²) in [6.45, 7) is 1.71. The lowest BCUT2D eigenvalue weighted by molar-refractivity contribution is 0.203. The molecule has 0 amide bonds. The summed E-state index contributed by atoms with van der Waals surface area (Å²) in [5.74, 6) is 0.707. The van der Waals surface area contributed by atoms with Gasteiger partial charge in [0.2, 0.25) is 5.95 Å². The zero-order chi connectivity index (χ0) is 23.2. The Bertz CT molecular complexity index is 1370. The van der Waals surface area contributed by atoms with Crippen molar-refractivity contribution >= 4 is 16.9 Å². The Kier molecular flexibility index (Phi) is 5.21. The predicted octanol–water partition coefficient (Wildman–Crippen LogP) is 3.36. The summed E-state index contributed by atoms with van der Waals surface area (Å²) < 4.78 is 1.59. The van der Waals surface area contributed by atoms with Crippen molar-refractivity contribution in [2.24, 2.45) is 13.0 Å². The number of nitrogens with zero attached hydrogens (tertiary/aromatic N) is 4. The van der Waals surface area contributed by atoms with Crippen LogP contribution in [0.5, 0.6) is 0 Å². The Morgan fingerprint density at radius 2 is 2.00 bits per heavy atom. The number of anilines is 1. The van der Waals surface area contributed by atoms with Gasteiger partial charge in [0.25, 0.3) is 5.56 Å². The van der Waals surface area contributed by atoms with Crippen molar-refractivity contribution in [2.75, 3.05) is 12.3 Å². The van der Waals surface area contributed by atoms with Crippen LogP contribution in [0.4, 0.5) is 5.95 Å². The Morgan fingerprint density at radius 1 is 1.18 bits per heavy atom. The van der Waals surface area contributed by atoms with Crippen LogP contribution in [0.15, 0.2) is 59.8 Å².